The Bertz CT molecular complexity index is 502. The van der Waals surface area contributed by atoms with Gasteiger partial charge in [0.2, 0.25) is 5.91 Å². The maximum Gasteiger partial charge on any atom is 0.326 e. The fraction of sp³-hybridized carbons (Fsp3) is 0.333. The summed E-state index contributed by atoms with van der Waals surface area (Å²) in [4.78, 5) is 37.2. The predicted molar refractivity (Wildman–Crippen MR) is 66.3 cm³/mol. The van der Waals surface area contributed by atoms with Crippen LogP contribution >= 0.6 is 0 Å². The van der Waals surface area contributed by atoms with Crippen molar-refractivity contribution in [2.45, 2.75) is 25.8 Å². The molecule has 0 saturated heterocycles. The maximum atomic E-state index is 11.8. The molecule has 0 spiro atoms. The fourth-order valence-electron chi connectivity index (χ4n) is 1.44. The highest BCUT2D eigenvalue weighted by Crippen LogP contribution is 2.03. The van der Waals surface area contributed by atoms with Crippen molar-refractivity contribution >= 4 is 17.8 Å². The van der Waals surface area contributed by atoms with Crippen molar-refractivity contribution < 1.29 is 19.5 Å². The Hall–Kier alpha value is -2.44. The van der Waals surface area contributed by atoms with Gasteiger partial charge in [0.05, 0.1) is 0 Å². The number of primary amides is 1. The average molecular weight is 265 g/mol. The smallest absolute Gasteiger partial charge is 0.326 e. The molecular weight excluding hydrogens is 250 g/mol. The number of aliphatic carboxylic acids is 1. The molecule has 0 aliphatic rings. The van der Waals surface area contributed by atoms with E-state index in [1.807, 2.05) is 0 Å². The average Bonchev–Trinajstić information content (AvgIpc) is 2.33. The van der Waals surface area contributed by atoms with Gasteiger partial charge in [-0.05, 0) is 31.0 Å². The maximum absolute atomic E-state index is 11.8. The molecule has 0 unspecified atom stereocenters. The second kappa shape index (κ2) is 6.48. The molecule has 1 heterocycles. The summed E-state index contributed by atoms with van der Waals surface area (Å²) in [5.74, 6) is -2.43. The van der Waals surface area contributed by atoms with Crippen molar-refractivity contribution in [3.05, 3.63) is 29.6 Å². The van der Waals surface area contributed by atoms with Crippen LogP contribution in [0.3, 0.4) is 0 Å². The molecule has 0 bridgehead atoms. The van der Waals surface area contributed by atoms with E-state index in [1.54, 1.807) is 19.1 Å². The molecule has 7 nitrogen and oxygen atoms in total. The lowest BCUT2D eigenvalue weighted by atomic mass is 10.1. The number of aromatic nitrogens is 1. The molecule has 0 fully saturated rings. The third-order valence-corrected chi connectivity index (χ3v) is 2.43. The minimum absolute atomic E-state index is 0.0534. The number of carboxylic acids is 1. The van der Waals surface area contributed by atoms with Crippen LogP contribution in [0.15, 0.2) is 18.3 Å². The number of aryl methyl sites for hydroxylation is 1. The summed E-state index contributed by atoms with van der Waals surface area (Å²) in [5, 5.41) is 11.3. The van der Waals surface area contributed by atoms with Gasteiger partial charge in [-0.3, -0.25) is 14.6 Å². The highest BCUT2D eigenvalue weighted by Gasteiger charge is 2.21. The van der Waals surface area contributed by atoms with Crippen LogP contribution in [0.1, 0.15) is 28.9 Å². The van der Waals surface area contributed by atoms with Crippen LogP contribution in [0.25, 0.3) is 0 Å². The number of hydrogen-bond acceptors (Lipinski definition) is 4. The van der Waals surface area contributed by atoms with E-state index in [1.165, 1.54) is 6.20 Å². The van der Waals surface area contributed by atoms with Gasteiger partial charge in [0.1, 0.15) is 11.7 Å². The van der Waals surface area contributed by atoms with Crippen LogP contribution in [-0.2, 0) is 9.59 Å². The number of pyridine rings is 1. The van der Waals surface area contributed by atoms with Gasteiger partial charge in [-0.2, -0.15) is 0 Å². The van der Waals surface area contributed by atoms with Crippen molar-refractivity contribution in [2.24, 2.45) is 5.73 Å². The van der Waals surface area contributed by atoms with E-state index >= 15 is 0 Å². The first-order valence-corrected chi connectivity index (χ1v) is 5.64. The Labute approximate surface area is 109 Å². The Morgan fingerprint density at radius 1 is 1.47 bits per heavy atom. The third-order valence-electron chi connectivity index (χ3n) is 2.43. The molecule has 0 aliphatic heterocycles. The van der Waals surface area contributed by atoms with Crippen LogP contribution < -0.4 is 11.1 Å². The number of carbonyl (C=O) groups is 3. The van der Waals surface area contributed by atoms with E-state index in [0.29, 0.717) is 0 Å². The number of nitrogens with one attached hydrogen (secondary N) is 1. The van der Waals surface area contributed by atoms with Gasteiger partial charge in [0.15, 0.2) is 0 Å². The minimum Gasteiger partial charge on any atom is -0.480 e. The fourth-order valence-corrected chi connectivity index (χ4v) is 1.44. The van der Waals surface area contributed by atoms with Gasteiger partial charge in [-0.25, -0.2) is 4.79 Å². The summed E-state index contributed by atoms with van der Waals surface area (Å²) >= 11 is 0. The number of nitrogens with two attached hydrogens (primary N) is 1. The molecule has 0 radical (unpaired) electrons. The molecule has 7 heteroatoms. The van der Waals surface area contributed by atoms with Crippen LogP contribution in [0, 0.1) is 6.92 Å². The van der Waals surface area contributed by atoms with Gasteiger partial charge >= 0.3 is 5.97 Å². The lowest BCUT2D eigenvalue weighted by Gasteiger charge is -2.13. The summed E-state index contributed by atoms with van der Waals surface area (Å²) in [6.07, 6.45) is 1.30. The van der Waals surface area contributed by atoms with E-state index in [-0.39, 0.29) is 18.5 Å². The molecule has 102 valence electrons. The normalized spacial score (nSPS) is 11.6. The molecule has 1 aromatic rings. The number of carbonyl (C=O) groups excluding carboxylic acids is 2. The molecule has 1 aromatic heterocycles. The molecule has 0 saturated carbocycles. The Kier molecular flexibility index (Phi) is 4.99. The second-order valence-corrected chi connectivity index (χ2v) is 4.09. The zero-order valence-corrected chi connectivity index (χ0v) is 10.4. The van der Waals surface area contributed by atoms with Gasteiger partial charge in [0, 0.05) is 12.6 Å². The minimum atomic E-state index is -1.22. The van der Waals surface area contributed by atoms with E-state index in [0.717, 1.165) is 5.56 Å². The van der Waals surface area contributed by atoms with Crippen LogP contribution in [-0.4, -0.2) is 33.9 Å². The Morgan fingerprint density at radius 2 is 2.16 bits per heavy atom. The van der Waals surface area contributed by atoms with Crippen molar-refractivity contribution in [1.29, 1.82) is 0 Å². The number of amides is 2. The quantitative estimate of drug-likeness (QED) is 0.659. The monoisotopic (exact) mass is 265 g/mol. The Balaban J connectivity index is 2.71. The number of hydrogen-bond donors (Lipinski definition) is 3. The summed E-state index contributed by atoms with van der Waals surface area (Å²) in [7, 11) is 0. The summed E-state index contributed by atoms with van der Waals surface area (Å²) in [5.41, 5.74) is 5.91. The van der Waals surface area contributed by atoms with E-state index in [2.05, 4.69) is 10.3 Å². The van der Waals surface area contributed by atoms with Crippen LogP contribution in [0.2, 0.25) is 0 Å². The lowest BCUT2D eigenvalue weighted by molar-refractivity contribution is -0.139. The van der Waals surface area contributed by atoms with Crippen LogP contribution in [0.5, 0.6) is 0 Å². The van der Waals surface area contributed by atoms with Crippen molar-refractivity contribution in [3.8, 4) is 0 Å². The first-order chi connectivity index (χ1) is 8.90. The lowest BCUT2D eigenvalue weighted by Crippen LogP contribution is -2.41. The third kappa shape index (κ3) is 4.74. The van der Waals surface area contributed by atoms with Crippen LogP contribution in [0.4, 0.5) is 0 Å². The number of carboxylic acid groups (broad SMARTS) is 1. The molecule has 1 rings (SSSR count). The highest BCUT2D eigenvalue weighted by molar-refractivity contribution is 5.95. The summed E-state index contributed by atoms with van der Waals surface area (Å²) in [6, 6.07) is 2.10. The molecule has 19 heavy (non-hydrogen) atoms. The molecule has 2 amide bonds. The van der Waals surface area contributed by atoms with Gasteiger partial charge in [0.25, 0.3) is 5.91 Å². The second-order valence-electron chi connectivity index (χ2n) is 4.09. The van der Waals surface area contributed by atoms with Crippen molar-refractivity contribution in [2.75, 3.05) is 0 Å². The zero-order chi connectivity index (χ0) is 14.4. The predicted octanol–water partition coefficient (Wildman–Crippen LogP) is -0.161. The van der Waals surface area contributed by atoms with E-state index in [9.17, 15) is 14.4 Å². The SMILES string of the molecule is Cc1ccnc(C(=O)N[C@@H](CCC(N)=O)C(=O)O)c1. The van der Waals surface area contributed by atoms with Crippen molar-refractivity contribution in [1.82, 2.24) is 10.3 Å². The van der Waals surface area contributed by atoms with E-state index < -0.39 is 23.8 Å². The molecule has 0 aliphatic carbocycles. The first kappa shape index (κ1) is 14.6. The van der Waals surface area contributed by atoms with Gasteiger partial charge in [-0.1, -0.05) is 0 Å². The largest absolute Gasteiger partial charge is 0.480 e. The van der Waals surface area contributed by atoms with Gasteiger partial charge < -0.3 is 16.2 Å². The number of rotatable bonds is 6. The molecule has 1 atom stereocenters. The Morgan fingerprint density at radius 3 is 2.68 bits per heavy atom. The summed E-state index contributed by atoms with van der Waals surface area (Å²) < 4.78 is 0. The topological polar surface area (TPSA) is 122 Å². The molecular formula is C12H15N3O4. The first-order valence-electron chi connectivity index (χ1n) is 5.64. The molecule has 4 N–H and O–H groups in total. The molecule has 0 aromatic carbocycles. The number of nitrogens with zero attached hydrogens (tertiary/aromatic N) is 1. The standard InChI is InChI=1S/C12H15N3O4/c1-7-4-5-14-9(6-7)11(17)15-8(12(18)19)2-3-10(13)16/h4-6,8H,2-3H2,1H3,(H2,13,16)(H,15,17)(H,18,19)/t8-/m0/s1. The summed E-state index contributed by atoms with van der Waals surface area (Å²) in [6.45, 7) is 1.79. The van der Waals surface area contributed by atoms with E-state index in [4.69, 9.17) is 10.8 Å². The zero-order valence-electron chi connectivity index (χ0n) is 10.4. The van der Waals surface area contributed by atoms with Crippen molar-refractivity contribution in [3.63, 3.8) is 0 Å². The van der Waals surface area contributed by atoms with Gasteiger partial charge in [-0.15, -0.1) is 0 Å². The highest BCUT2D eigenvalue weighted by atomic mass is 16.4.